The highest BCUT2D eigenvalue weighted by Gasteiger charge is 2.52. The van der Waals surface area contributed by atoms with Gasteiger partial charge in [-0.1, -0.05) is 42.5 Å². The van der Waals surface area contributed by atoms with Gasteiger partial charge in [0.2, 0.25) is 5.91 Å². The number of urea groups is 2. The molecule has 2 aliphatic rings. The molecule has 2 N–H and O–H groups in total. The Morgan fingerprint density at radius 2 is 1.68 bits per heavy atom. The summed E-state index contributed by atoms with van der Waals surface area (Å²) in [6, 6.07) is 16.1. The molecule has 0 radical (unpaired) electrons. The van der Waals surface area contributed by atoms with Crippen LogP contribution in [0.1, 0.15) is 17.2 Å². The van der Waals surface area contributed by atoms with Gasteiger partial charge in [-0.05, 0) is 23.3 Å². The van der Waals surface area contributed by atoms with E-state index in [0.29, 0.717) is 0 Å². The minimum absolute atomic E-state index is 0.169. The second-order valence-electron chi connectivity index (χ2n) is 7.62. The van der Waals surface area contributed by atoms with Crippen LogP contribution < -0.4 is 15.4 Å². The summed E-state index contributed by atoms with van der Waals surface area (Å²) in [7, 11) is 4.85. The number of nitrogens with one attached hydrogen (secondary N) is 2. The summed E-state index contributed by atoms with van der Waals surface area (Å²) in [6.07, 6.45) is -1.02. The van der Waals surface area contributed by atoms with Gasteiger partial charge in [0.25, 0.3) is 0 Å². The second kappa shape index (κ2) is 8.17. The van der Waals surface area contributed by atoms with Gasteiger partial charge in [0.1, 0.15) is 24.6 Å². The normalized spacial score (nSPS) is 21.1. The molecule has 5 amide bonds. The highest BCUT2D eigenvalue weighted by Crippen LogP contribution is 2.27. The van der Waals surface area contributed by atoms with E-state index < -0.39 is 18.4 Å². The molecule has 162 valence electrons. The van der Waals surface area contributed by atoms with Crippen molar-refractivity contribution in [3.63, 3.8) is 0 Å². The monoisotopic (exact) mass is 423 g/mol. The van der Waals surface area contributed by atoms with Gasteiger partial charge in [-0.25, -0.2) is 9.59 Å². The van der Waals surface area contributed by atoms with Crippen LogP contribution in [0.5, 0.6) is 5.75 Å². The number of carbonyl (C=O) groups excluding carboxylic acids is 3. The summed E-state index contributed by atoms with van der Waals surface area (Å²) in [6.45, 7) is -0.169. The first-order valence-electron chi connectivity index (χ1n) is 9.95. The molecular formula is C22H25N5O4. The number of likely N-dealkylation sites (N-methyl/N-ethyl adjacent to an activating group) is 2. The maximum Gasteiger partial charge on any atom is 0.323 e. The van der Waals surface area contributed by atoms with E-state index in [9.17, 15) is 14.4 Å². The van der Waals surface area contributed by atoms with Crippen molar-refractivity contribution in [2.45, 2.75) is 18.4 Å². The molecule has 4 rings (SSSR count). The lowest BCUT2D eigenvalue weighted by Gasteiger charge is -2.27. The van der Waals surface area contributed by atoms with Crippen LogP contribution in [-0.4, -0.2) is 72.8 Å². The summed E-state index contributed by atoms with van der Waals surface area (Å²) >= 11 is 0. The zero-order chi connectivity index (χ0) is 22.1. The van der Waals surface area contributed by atoms with Crippen molar-refractivity contribution >= 4 is 18.0 Å². The van der Waals surface area contributed by atoms with Crippen molar-refractivity contribution in [1.29, 1.82) is 0 Å². The molecule has 0 saturated carbocycles. The van der Waals surface area contributed by atoms with Gasteiger partial charge in [0.05, 0.1) is 13.2 Å². The summed E-state index contributed by atoms with van der Waals surface area (Å²) < 4.78 is 5.23. The summed E-state index contributed by atoms with van der Waals surface area (Å²) in [4.78, 5) is 42.0. The molecule has 0 aromatic heterocycles. The van der Waals surface area contributed by atoms with Crippen LogP contribution in [0, 0.1) is 0 Å². The lowest BCUT2D eigenvalue weighted by atomic mass is 9.98. The first-order valence-corrected chi connectivity index (χ1v) is 9.95. The van der Waals surface area contributed by atoms with E-state index in [1.807, 2.05) is 54.6 Å². The van der Waals surface area contributed by atoms with Crippen LogP contribution in [0.3, 0.4) is 0 Å². The number of carbonyl (C=O) groups is 3. The fraction of sp³-hybridized carbons (Fsp3) is 0.318. The molecule has 2 heterocycles. The van der Waals surface area contributed by atoms with Gasteiger partial charge in [-0.2, -0.15) is 0 Å². The molecule has 2 aromatic rings. The average Bonchev–Trinajstić information content (AvgIpc) is 3.22. The summed E-state index contributed by atoms with van der Waals surface area (Å²) in [5, 5.41) is 5.80. The zero-order valence-electron chi connectivity index (χ0n) is 17.6. The molecule has 9 nitrogen and oxygen atoms in total. The molecule has 2 aromatic carbocycles. The zero-order valence-corrected chi connectivity index (χ0v) is 17.6. The van der Waals surface area contributed by atoms with Gasteiger partial charge in [-0.3, -0.25) is 9.69 Å². The number of nitrogens with zero attached hydrogens (tertiary/aromatic N) is 3. The highest BCUT2D eigenvalue weighted by atomic mass is 16.5. The van der Waals surface area contributed by atoms with Crippen LogP contribution >= 0.6 is 0 Å². The van der Waals surface area contributed by atoms with Crippen LogP contribution in [-0.2, 0) is 4.79 Å². The minimum atomic E-state index is -0.535. The highest BCUT2D eigenvalue weighted by molar-refractivity contribution is 5.89. The van der Waals surface area contributed by atoms with E-state index >= 15 is 0 Å². The molecule has 0 bridgehead atoms. The number of benzene rings is 2. The molecule has 31 heavy (non-hydrogen) atoms. The topological polar surface area (TPSA) is 94.2 Å². The third kappa shape index (κ3) is 3.74. The number of amides is 5. The smallest absolute Gasteiger partial charge is 0.323 e. The van der Waals surface area contributed by atoms with E-state index in [4.69, 9.17) is 4.74 Å². The van der Waals surface area contributed by atoms with Gasteiger partial charge in [0.15, 0.2) is 0 Å². The predicted molar refractivity (Wildman–Crippen MR) is 113 cm³/mol. The first kappa shape index (κ1) is 20.5. The van der Waals surface area contributed by atoms with Crippen molar-refractivity contribution in [3.8, 4) is 5.75 Å². The maximum absolute atomic E-state index is 13.0. The first-order chi connectivity index (χ1) is 14.9. The Morgan fingerprint density at radius 1 is 1.03 bits per heavy atom. The van der Waals surface area contributed by atoms with Crippen LogP contribution in [0.15, 0.2) is 54.6 Å². The largest absolute Gasteiger partial charge is 0.497 e. The Bertz CT molecular complexity index is 981. The van der Waals surface area contributed by atoms with Gasteiger partial charge < -0.3 is 25.2 Å². The van der Waals surface area contributed by atoms with Crippen molar-refractivity contribution in [2.24, 2.45) is 0 Å². The van der Waals surface area contributed by atoms with Gasteiger partial charge >= 0.3 is 12.1 Å². The van der Waals surface area contributed by atoms with Gasteiger partial charge in [-0.15, -0.1) is 0 Å². The second-order valence-corrected chi connectivity index (χ2v) is 7.62. The number of rotatable bonds is 6. The van der Waals surface area contributed by atoms with Crippen molar-refractivity contribution < 1.29 is 19.1 Å². The number of ether oxygens (including phenoxy) is 1. The number of hydrogen-bond acceptors (Lipinski definition) is 4. The molecule has 2 saturated heterocycles. The summed E-state index contributed by atoms with van der Waals surface area (Å²) in [5.74, 6) is 0.399. The average molecular weight is 423 g/mol. The van der Waals surface area contributed by atoms with Gasteiger partial charge in [0, 0.05) is 14.1 Å². The molecule has 3 atom stereocenters. The molecule has 9 heteroatoms. The van der Waals surface area contributed by atoms with Crippen molar-refractivity contribution in [1.82, 2.24) is 25.3 Å². The number of hydrogen-bond donors (Lipinski definition) is 2. The minimum Gasteiger partial charge on any atom is -0.497 e. The van der Waals surface area contributed by atoms with Crippen molar-refractivity contribution in [2.75, 3.05) is 27.7 Å². The quantitative estimate of drug-likeness (QED) is 0.738. The summed E-state index contributed by atoms with van der Waals surface area (Å²) in [5.41, 5.74) is 1.80. The molecule has 2 aliphatic heterocycles. The number of fused-ring (bicyclic) bond motifs is 1. The maximum atomic E-state index is 13.0. The SMILES string of the molecule is COc1ccc([C@H](NC(=O)CN2C(=O)N[C@H]3[C@@H]2N(C)C(=O)N3C)c2ccccc2)cc1. The molecule has 0 aliphatic carbocycles. The fourth-order valence-corrected chi connectivity index (χ4v) is 4.10. The van der Waals surface area contributed by atoms with Crippen LogP contribution in [0.2, 0.25) is 0 Å². The lowest BCUT2D eigenvalue weighted by Crippen LogP contribution is -2.49. The van der Waals surface area contributed by atoms with E-state index in [1.54, 1.807) is 21.2 Å². The third-order valence-corrected chi connectivity index (χ3v) is 5.75. The Hall–Kier alpha value is -3.75. The Labute approximate surface area is 180 Å². The van der Waals surface area contributed by atoms with Crippen molar-refractivity contribution in [3.05, 3.63) is 65.7 Å². The third-order valence-electron chi connectivity index (χ3n) is 5.75. The molecular weight excluding hydrogens is 398 g/mol. The van der Waals surface area contributed by atoms with E-state index in [2.05, 4.69) is 10.6 Å². The molecule has 0 unspecified atom stereocenters. The predicted octanol–water partition coefficient (Wildman–Crippen LogP) is 1.58. The standard InChI is InChI=1S/C22H25N5O4/c1-25-19-20(26(2)22(25)30)27(21(29)24-19)13-17(28)23-18(14-7-5-4-6-8-14)15-9-11-16(31-3)12-10-15/h4-12,18-20H,13H2,1-3H3,(H,23,28)(H,24,29)/t18-,19-,20-/m1/s1. The lowest BCUT2D eigenvalue weighted by molar-refractivity contribution is -0.122. The number of methoxy groups -OCH3 is 1. The van der Waals surface area contributed by atoms with E-state index in [0.717, 1.165) is 16.9 Å². The Kier molecular flexibility index (Phi) is 5.41. The van der Waals surface area contributed by atoms with Crippen LogP contribution in [0.4, 0.5) is 9.59 Å². The molecule has 2 fully saturated rings. The van der Waals surface area contributed by atoms with Crippen LogP contribution in [0.25, 0.3) is 0 Å². The van der Waals surface area contributed by atoms with E-state index in [1.165, 1.54) is 14.7 Å². The molecule has 0 spiro atoms. The Morgan fingerprint density at radius 3 is 2.32 bits per heavy atom. The van der Waals surface area contributed by atoms with E-state index in [-0.39, 0.29) is 24.5 Å². The fourth-order valence-electron chi connectivity index (χ4n) is 4.10. The Balaban J connectivity index is 1.54.